The van der Waals surface area contributed by atoms with Gasteiger partial charge in [-0.05, 0) is 6.92 Å². The van der Waals surface area contributed by atoms with Crippen LogP contribution in [0.15, 0.2) is 18.5 Å². The molecule has 0 saturated heterocycles. The molecule has 0 atom stereocenters. The first-order valence-electron chi connectivity index (χ1n) is 5.98. The molecule has 0 aliphatic rings. The molecule has 0 saturated carbocycles. The lowest BCUT2D eigenvalue weighted by molar-refractivity contribution is 0.177. The van der Waals surface area contributed by atoms with Crippen molar-refractivity contribution in [2.45, 2.75) is 13.5 Å². The van der Waals surface area contributed by atoms with Crippen LogP contribution in [0.1, 0.15) is 12.7 Å². The molecule has 7 heteroatoms. The molecule has 0 spiro atoms. The largest absolute Gasteiger partial charge is 0.436 e. The second-order valence-corrected chi connectivity index (χ2v) is 3.92. The first kappa shape index (κ1) is 13.3. The normalized spacial score (nSPS) is 10.5. The number of nitrogens with one attached hydrogen (secondary N) is 1. The second-order valence-electron chi connectivity index (χ2n) is 3.92. The molecule has 7 nitrogen and oxygen atoms in total. The summed E-state index contributed by atoms with van der Waals surface area (Å²) in [5.74, 6) is 2.38. The van der Waals surface area contributed by atoms with Crippen LogP contribution in [0.5, 0.6) is 11.6 Å². The smallest absolute Gasteiger partial charge is 0.224 e. The molecule has 1 N–H and O–H groups in total. The number of aromatic nitrogens is 4. The summed E-state index contributed by atoms with van der Waals surface area (Å²) in [6.45, 7) is 3.11. The van der Waals surface area contributed by atoms with Crippen molar-refractivity contribution in [1.29, 1.82) is 0 Å². The van der Waals surface area contributed by atoms with Gasteiger partial charge < -0.3 is 14.8 Å². The quantitative estimate of drug-likeness (QED) is 0.853. The maximum absolute atomic E-state index is 5.64. The van der Waals surface area contributed by atoms with Crippen LogP contribution in [0.25, 0.3) is 0 Å². The van der Waals surface area contributed by atoms with E-state index >= 15 is 0 Å². The van der Waals surface area contributed by atoms with Gasteiger partial charge in [-0.25, -0.2) is 4.98 Å². The third-order valence-corrected chi connectivity index (χ3v) is 2.28. The van der Waals surface area contributed by atoms with Gasteiger partial charge in [0.15, 0.2) is 11.6 Å². The van der Waals surface area contributed by atoms with E-state index in [4.69, 9.17) is 9.47 Å². The average Bonchev–Trinajstić information content (AvgIpc) is 2.75. The zero-order valence-corrected chi connectivity index (χ0v) is 11.3. The molecule has 0 radical (unpaired) electrons. The minimum Gasteiger partial charge on any atom is -0.436 e. The highest BCUT2D eigenvalue weighted by Gasteiger charge is 2.07. The number of hydrogen-bond acceptors (Lipinski definition) is 6. The minimum atomic E-state index is 0.336. The van der Waals surface area contributed by atoms with E-state index in [0.717, 1.165) is 6.54 Å². The van der Waals surface area contributed by atoms with Crippen molar-refractivity contribution < 1.29 is 9.47 Å². The van der Waals surface area contributed by atoms with Crippen LogP contribution in [0.3, 0.4) is 0 Å². The summed E-state index contributed by atoms with van der Waals surface area (Å²) in [6, 6.07) is 1.75. The van der Waals surface area contributed by atoms with E-state index in [-0.39, 0.29) is 0 Å². The Bertz CT molecular complexity index is 516. The molecule has 0 unspecified atom stereocenters. The number of anilines is 1. The van der Waals surface area contributed by atoms with Crippen LogP contribution < -0.4 is 10.1 Å². The predicted molar refractivity (Wildman–Crippen MR) is 70.2 cm³/mol. The standard InChI is InChI=1S/C12H17N5O2/c1-4-13-10-5-12(16-11(15-10)8-18-3)19-9-6-14-17(2)7-9/h5-7H,4,8H2,1-3H3,(H,13,15,16). The van der Waals surface area contributed by atoms with Gasteiger partial charge in [-0.2, -0.15) is 10.1 Å². The molecule has 102 valence electrons. The van der Waals surface area contributed by atoms with E-state index < -0.39 is 0 Å². The monoisotopic (exact) mass is 263 g/mol. The van der Waals surface area contributed by atoms with Gasteiger partial charge >= 0.3 is 0 Å². The zero-order chi connectivity index (χ0) is 13.7. The molecule has 0 bridgehead atoms. The predicted octanol–water partition coefficient (Wildman–Crippen LogP) is 1.58. The van der Waals surface area contributed by atoms with E-state index in [2.05, 4.69) is 20.4 Å². The Balaban J connectivity index is 2.22. The molecule has 0 amide bonds. The molecular weight excluding hydrogens is 246 g/mol. The van der Waals surface area contributed by atoms with Crippen LogP contribution in [0, 0.1) is 0 Å². The maximum atomic E-state index is 5.64. The van der Waals surface area contributed by atoms with Gasteiger partial charge in [0.1, 0.15) is 12.4 Å². The number of aryl methyl sites for hydroxylation is 1. The molecule has 0 aliphatic heterocycles. The summed E-state index contributed by atoms with van der Waals surface area (Å²) >= 11 is 0. The van der Waals surface area contributed by atoms with Crippen LogP contribution in [0.2, 0.25) is 0 Å². The van der Waals surface area contributed by atoms with Crippen molar-refractivity contribution in [1.82, 2.24) is 19.7 Å². The van der Waals surface area contributed by atoms with E-state index in [1.54, 1.807) is 30.3 Å². The fourth-order valence-corrected chi connectivity index (χ4v) is 1.56. The lowest BCUT2D eigenvalue weighted by Gasteiger charge is -2.08. The van der Waals surface area contributed by atoms with E-state index in [9.17, 15) is 0 Å². The summed E-state index contributed by atoms with van der Waals surface area (Å²) in [5.41, 5.74) is 0. The molecule has 2 heterocycles. The molecule has 0 fully saturated rings. The van der Waals surface area contributed by atoms with Gasteiger partial charge in [-0.15, -0.1) is 0 Å². The third-order valence-electron chi connectivity index (χ3n) is 2.28. The third kappa shape index (κ3) is 3.65. The van der Waals surface area contributed by atoms with E-state index in [1.807, 2.05) is 14.0 Å². The number of rotatable bonds is 6. The molecule has 19 heavy (non-hydrogen) atoms. The first-order valence-corrected chi connectivity index (χ1v) is 5.98. The van der Waals surface area contributed by atoms with Gasteiger partial charge in [0.05, 0.1) is 12.4 Å². The van der Waals surface area contributed by atoms with Crippen LogP contribution >= 0.6 is 0 Å². The Morgan fingerprint density at radius 1 is 1.37 bits per heavy atom. The fraction of sp³-hybridized carbons (Fsp3) is 0.417. The summed E-state index contributed by atoms with van der Waals surface area (Å²) in [5, 5.41) is 7.17. The topological polar surface area (TPSA) is 74.1 Å². The summed E-state index contributed by atoms with van der Waals surface area (Å²) < 4.78 is 12.4. The Hall–Kier alpha value is -2.15. The number of ether oxygens (including phenoxy) is 2. The first-order chi connectivity index (χ1) is 9.21. The van der Waals surface area contributed by atoms with Gasteiger partial charge in [-0.1, -0.05) is 0 Å². The number of methoxy groups -OCH3 is 1. The van der Waals surface area contributed by atoms with E-state index in [1.165, 1.54) is 0 Å². The lowest BCUT2D eigenvalue weighted by atomic mass is 10.5. The molecular formula is C12H17N5O2. The second kappa shape index (κ2) is 6.14. The molecule has 0 aliphatic carbocycles. The van der Waals surface area contributed by atoms with Crippen molar-refractivity contribution in [2.24, 2.45) is 7.05 Å². The highest BCUT2D eigenvalue weighted by molar-refractivity contribution is 5.39. The average molecular weight is 263 g/mol. The lowest BCUT2D eigenvalue weighted by Crippen LogP contribution is -2.05. The van der Waals surface area contributed by atoms with Crippen LogP contribution in [-0.4, -0.2) is 33.4 Å². The molecule has 2 rings (SSSR count). The molecule has 2 aromatic rings. The van der Waals surface area contributed by atoms with E-state index in [0.29, 0.717) is 29.9 Å². The maximum Gasteiger partial charge on any atom is 0.224 e. The summed E-state index contributed by atoms with van der Waals surface area (Å²) in [4.78, 5) is 8.59. The number of nitrogens with zero attached hydrogens (tertiary/aromatic N) is 4. The highest BCUT2D eigenvalue weighted by atomic mass is 16.5. The zero-order valence-electron chi connectivity index (χ0n) is 11.3. The Morgan fingerprint density at radius 2 is 2.21 bits per heavy atom. The van der Waals surface area contributed by atoms with Crippen LogP contribution in [0.4, 0.5) is 5.82 Å². The fourth-order valence-electron chi connectivity index (χ4n) is 1.56. The van der Waals surface area contributed by atoms with Gasteiger partial charge in [0.2, 0.25) is 5.88 Å². The van der Waals surface area contributed by atoms with Gasteiger partial charge in [-0.3, -0.25) is 4.68 Å². The van der Waals surface area contributed by atoms with Crippen LogP contribution in [-0.2, 0) is 18.4 Å². The number of hydrogen-bond donors (Lipinski definition) is 1. The van der Waals surface area contributed by atoms with Gasteiger partial charge in [0.25, 0.3) is 0 Å². The molecule has 2 aromatic heterocycles. The Kier molecular flexibility index (Phi) is 4.30. The summed E-state index contributed by atoms with van der Waals surface area (Å²) in [6.07, 6.45) is 3.40. The SMILES string of the molecule is CCNc1cc(Oc2cnn(C)c2)nc(COC)n1. The Morgan fingerprint density at radius 3 is 2.84 bits per heavy atom. The highest BCUT2D eigenvalue weighted by Crippen LogP contribution is 2.21. The van der Waals surface area contributed by atoms with Crippen molar-refractivity contribution in [3.05, 3.63) is 24.3 Å². The molecule has 0 aromatic carbocycles. The van der Waals surface area contributed by atoms with Crippen molar-refractivity contribution in [3.8, 4) is 11.6 Å². The van der Waals surface area contributed by atoms with Crippen molar-refractivity contribution in [3.63, 3.8) is 0 Å². The van der Waals surface area contributed by atoms with Gasteiger partial charge in [0, 0.05) is 26.8 Å². The minimum absolute atomic E-state index is 0.336. The summed E-state index contributed by atoms with van der Waals surface area (Å²) in [7, 11) is 3.43. The Labute approximate surface area is 111 Å². The van der Waals surface area contributed by atoms with Crippen molar-refractivity contribution in [2.75, 3.05) is 19.0 Å². The van der Waals surface area contributed by atoms with Crippen molar-refractivity contribution >= 4 is 5.82 Å².